The van der Waals surface area contributed by atoms with Crippen LogP contribution in [0.15, 0.2) is 24.3 Å². The van der Waals surface area contributed by atoms with Crippen molar-refractivity contribution in [2.24, 2.45) is 0 Å². The second-order valence-corrected chi connectivity index (χ2v) is 6.92. The predicted molar refractivity (Wildman–Crippen MR) is 93.5 cm³/mol. The molecule has 23 heavy (non-hydrogen) atoms. The Labute approximate surface area is 140 Å². The Bertz CT molecular complexity index is 648. The van der Waals surface area contributed by atoms with Gasteiger partial charge in [0.05, 0.1) is 15.2 Å². The fourth-order valence-corrected chi connectivity index (χ4v) is 3.36. The van der Waals surface area contributed by atoms with Crippen molar-refractivity contribution in [1.82, 2.24) is 15.2 Å². The summed E-state index contributed by atoms with van der Waals surface area (Å²) in [6.45, 7) is 1.71. The van der Waals surface area contributed by atoms with Gasteiger partial charge in [0.25, 0.3) is 0 Å². The number of rotatable bonds is 7. The average Bonchev–Trinajstić information content (AvgIpc) is 2.93. The number of carbonyl (C=O) groups excluding carboxylic acids is 2. The minimum Gasteiger partial charge on any atom is -0.347 e. The smallest absolute Gasteiger partial charge is 0.244 e. The Morgan fingerprint density at radius 1 is 1.26 bits per heavy atom. The van der Waals surface area contributed by atoms with Crippen LogP contribution in [-0.2, 0) is 16.0 Å². The number of thiazole rings is 1. The summed E-state index contributed by atoms with van der Waals surface area (Å²) in [5, 5.41) is 3.85. The number of unbranched alkanes of at least 4 members (excludes halogenated alkanes) is 1. The molecule has 2 amide bonds. The van der Waals surface area contributed by atoms with Crippen LogP contribution in [0.3, 0.4) is 0 Å². The second-order valence-electron chi connectivity index (χ2n) is 5.80. The molecule has 0 aliphatic heterocycles. The third kappa shape index (κ3) is 5.03. The molecule has 0 saturated carbocycles. The van der Waals surface area contributed by atoms with Crippen molar-refractivity contribution in [3.63, 3.8) is 0 Å². The van der Waals surface area contributed by atoms with Crippen LogP contribution in [0.1, 0.15) is 31.2 Å². The molecule has 0 unspecified atom stereocenters. The number of nitrogens with zero attached hydrogens (tertiary/aromatic N) is 2. The van der Waals surface area contributed by atoms with E-state index in [1.54, 1.807) is 32.4 Å². The van der Waals surface area contributed by atoms with Crippen LogP contribution in [0.25, 0.3) is 10.2 Å². The van der Waals surface area contributed by atoms with Gasteiger partial charge in [0.1, 0.15) is 6.04 Å². The number of para-hydroxylation sites is 1. The highest BCUT2D eigenvalue weighted by Gasteiger charge is 2.16. The summed E-state index contributed by atoms with van der Waals surface area (Å²) in [5.41, 5.74) is 1.04. The van der Waals surface area contributed by atoms with Gasteiger partial charge in [-0.2, -0.15) is 0 Å². The topological polar surface area (TPSA) is 62.3 Å². The van der Waals surface area contributed by atoms with E-state index in [0.717, 1.165) is 29.8 Å². The second kappa shape index (κ2) is 8.06. The molecule has 2 rings (SSSR count). The van der Waals surface area contributed by atoms with Crippen molar-refractivity contribution in [2.75, 3.05) is 14.1 Å². The largest absolute Gasteiger partial charge is 0.347 e. The average molecular weight is 333 g/mol. The Hall–Kier alpha value is -1.95. The molecular formula is C17H23N3O2S. The number of nitrogens with one attached hydrogen (secondary N) is 1. The Kier molecular flexibility index (Phi) is 6.10. The highest BCUT2D eigenvalue weighted by atomic mass is 32.1. The third-order valence-electron chi connectivity index (χ3n) is 3.57. The van der Waals surface area contributed by atoms with Crippen molar-refractivity contribution in [3.8, 4) is 0 Å². The zero-order valence-corrected chi connectivity index (χ0v) is 14.7. The molecule has 1 atom stereocenters. The number of carbonyl (C=O) groups is 2. The number of amides is 2. The van der Waals surface area contributed by atoms with Gasteiger partial charge < -0.3 is 10.2 Å². The molecule has 5 nitrogen and oxygen atoms in total. The molecule has 1 aromatic carbocycles. The van der Waals surface area contributed by atoms with Crippen molar-refractivity contribution < 1.29 is 9.59 Å². The first kappa shape index (κ1) is 17.4. The van der Waals surface area contributed by atoms with E-state index < -0.39 is 6.04 Å². The SMILES string of the molecule is C[C@H](NC(=O)CCCCc1nc2ccccc2s1)C(=O)N(C)C. The lowest BCUT2D eigenvalue weighted by Crippen LogP contribution is -2.44. The molecular weight excluding hydrogens is 310 g/mol. The molecule has 6 heteroatoms. The van der Waals surface area contributed by atoms with Crippen LogP contribution in [0.4, 0.5) is 0 Å². The number of fused-ring (bicyclic) bond motifs is 1. The van der Waals surface area contributed by atoms with Gasteiger partial charge in [0.15, 0.2) is 0 Å². The Morgan fingerprint density at radius 2 is 2.00 bits per heavy atom. The monoisotopic (exact) mass is 333 g/mol. The van der Waals surface area contributed by atoms with E-state index >= 15 is 0 Å². The summed E-state index contributed by atoms with van der Waals surface area (Å²) >= 11 is 1.71. The van der Waals surface area contributed by atoms with E-state index in [9.17, 15) is 9.59 Å². The molecule has 0 spiro atoms. The maximum absolute atomic E-state index is 11.8. The van der Waals surface area contributed by atoms with Gasteiger partial charge in [-0.1, -0.05) is 12.1 Å². The maximum atomic E-state index is 11.8. The van der Waals surface area contributed by atoms with Crippen molar-refractivity contribution in [3.05, 3.63) is 29.3 Å². The fourth-order valence-electron chi connectivity index (χ4n) is 2.35. The summed E-state index contributed by atoms with van der Waals surface area (Å²) in [5.74, 6) is -0.162. The van der Waals surface area contributed by atoms with E-state index in [4.69, 9.17) is 0 Å². The van der Waals surface area contributed by atoms with Crippen LogP contribution in [0.5, 0.6) is 0 Å². The molecule has 2 aromatic rings. The maximum Gasteiger partial charge on any atom is 0.244 e. The fraction of sp³-hybridized carbons (Fsp3) is 0.471. The number of hydrogen-bond donors (Lipinski definition) is 1. The van der Waals surface area contributed by atoms with Crippen LogP contribution in [-0.4, -0.2) is 41.8 Å². The number of aryl methyl sites for hydroxylation is 1. The lowest BCUT2D eigenvalue weighted by molar-refractivity contribution is -0.133. The quantitative estimate of drug-likeness (QED) is 0.792. The van der Waals surface area contributed by atoms with Gasteiger partial charge in [-0.25, -0.2) is 4.98 Å². The molecule has 1 aromatic heterocycles. The molecule has 1 N–H and O–H groups in total. The molecule has 0 aliphatic rings. The van der Waals surface area contributed by atoms with Crippen molar-refractivity contribution in [1.29, 1.82) is 0 Å². The molecule has 0 bridgehead atoms. The molecule has 0 saturated heterocycles. The minimum absolute atomic E-state index is 0.0722. The molecule has 1 heterocycles. The molecule has 0 aliphatic carbocycles. The zero-order valence-electron chi connectivity index (χ0n) is 13.8. The Morgan fingerprint density at radius 3 is 2.70 bits per heavy atom. The van der Waals surface area contributed by atoms with Gasteiger partial charge in [0.2, 0.25) is 11.8 Å². The molecule has 124 valence electrons. The lowest BCUT2D eigenvalue weighted by atomic mass is 10.2. The van der Waals surface area contributed by atoms with E-state index in [-0.39, 0.29) is 11.8 Å². The lowest BCUT2D eigenvalue weighted by Gasteiger charge is -2.17. The van der Waals surface area contributed by atoms with Crippen LogP contribution in [0.2, 0.25) is 0 Å². The van der Waals surface area contributed by atoms with Crippen LogP contribution >= 0.6 is 11.3 Å². The van der Waals surface area contributed by atoms with Crippen LogP contribution in [0, 0.1) is 0 Å². The third-order valence-corrected chi connectivity index (χ3v) is 4.67. The van der Waals surface area contributed by atoms with Crippen LogP contribution < -0.4 is 5.32 Å². The number of likely N-dealkylation sites (N-methyl/N-ethyl adjacent to an activating group) is 1. The van der Waals surface area contributed by atoms with Gasteiger partial charge in [-0.3, -0.25) is 9.59 Å². The number of aromatic nitrogens is 1. The summed E-state index contributed by atoms with van der Waals surface area (Å²) in [4.78, 5) is 29.6. The van der Waals surface area contributed by atoms with Crippen molar-refractivity contribution in [2.45, 2.75) is 38.6 Å². The predicted octanol–water partition coefficient (Wildman–Crippen LogP) is 2.60. The van der Waals surface area contributed by atoms with E-state index in [0.29, 0.717) is 6.42 Å². The number of hydrogen-bond acceptors (Lipinski definition) is 4. The summed E-state index contributed by atoms with van der Waals surface area (Å²) < 4.78 is 1.20. The Balaban J connectivity index is 1.70. The minimum atomic E-state index is -0.471. The van der Waals surface area contributed by atoms with Crippen molar-refractivity contribution >= 4 is 33.4 Å². The highest BCUT2D eigenvalue weighted by molar-refractivity contribution is 7.18. The van der Waals surface area contributed by atoms with E-state index in [2.05, 4.69) is 16.4 Å². The number of benzene rings is 1. The first-order chi connectivity index (χ1) is 11.0. The van der Waals surface area contributed by atoms with E-state index in [1.165, 1.54) is 9.60 Å². The standard InChI is InChI=1S/C17H23N3O2S/c1-12(17(22)20(2)3)18-15(21)10-6-7-11-16-19-13-8-4-5-9-14(13)23-16/h4-5,8-9,12H,6-7,10-11H2,1-3H3,(H,18,21)/t12-/m0/s1. The highest BCUT2D eigenvalue weighted by Crippen LogP contribution is 2.22. The van der Waals surface area contributed by atoms with Gasteiger partial charge in [-0.05, 0) is 38.3 Å². The summed E-state index contributed by atoms with van der Waals surface area (Å²) in [7, 11) is 3.37. The zero-order chi connectivity index (χ0) is 16.8. The molecule has 0 radical (unpaired) electrons. The summed E-state index contributed by atoms with van der Waals surface area (Å²) in [6, 6.07) is 7.64. The van der Waals surface area contributed by atoms with Gasteiger partial charge in [-0.15, -0.1) is 11.3 Å². The normalized spacial score (nSPS) is 12.1. The van der Waals surface area contributed by atoms with Gasteiger partial charge in [0, 0.05) is 20.5 Å². The van der Waals surface area contributed by atoms with Gasteiger partial charge >= 0.3 is 0 Å². The first-order valence-electron chi connectivity index (χ1n) is 7.82. The summed E-state index contributed by atoms with van der Waals surface area (Å²) in [6.07, 6.45) is 3.04. The molecule has 0 fully saturated rings. The van der Waals surface area contributed by atoms with E-state index in [1.807, 2.05) is 18.2 Å². The first-order valence-corrected chi connectivity index (χ1v) is 8.64.